The first-order valence-electron chi connectivity index (χ1n) is 8.21. The maximum atomic E-state index is 12.2. The lowest BCUT2D eigenvalue weighted by atomic mass is 9.81. The molecule has 0 saturated carbocycles. The lowest BCUT2D eigenvalue weighted by molar-refractivity contribution is 0.0956. The molecule has 1 aromatic carbocycles. The monoisotopic (exact) mass is 453 g/mol. The highest BCUT2D eigenvalue weighted by Gasteiger charge is 2.26. The number of nitrogens with one attached hydrogen (secondary N) is 1. The summed E-state index contributed by atoms with van der Waals surface area (Å²) in [6.07, 6.45) is 6.81. The maximum absolute atomic E-state index is 12.2. The summed E-state index contributed by atoms with van der Waals surface area (Å²) < 4.78 is 0.770. The van der Waals surface area contributed by atoms with Gasteiger partial charge >= 0.3 is 0 Å². The van der Waals surface area contributed by atoms with Crippen LogP contribution in [0.25, 0.3) is 0 Å². The van der Waals surface area contributed by atoms with E-state index >= 15 is 0 Å². The lowest BCUT2D eigenvalue weighted by Crippen LogP contribution is -2.34. The largest absolute Gasteiger partial charge is 0.348 e. The zero-order valence-corrected chi connectivity index (χ0v) is 17.0. The summed E-state index contributed by atoms with van der Waals surface area (Å²) in [6, 6.07) is 7.20. The van der Waals surface area contributed by atoms with E-state index in [1.165, 1.54) is 0 Å². The molecule has 0 unspecified atom stereocenters. The third kappa shape index (κ3) is 4.65. The standard InChI is InChI=1S/C19H18BrCl2N3O/c20-13-6-12(9-24-10-13)19(26)25-8-11-1-3-16(18(23)5-11)15-4-2-14(21)7-17(15)22/h1-2,4,6-7,9-10,16,18H,3,5,8,23H2,(H,25,26)/t16-,18+/m0/s1. The van der Waals surface area contributed by atoms with Crippen molar-refractivity contribution < 1.29 is 4.79 Å². The topological polar surface area (TPSA) is 68.0 Å². The Balaban J connectivity index is 1.63. The van der Waals surface area contributed by atoms with Crippen LogP contribution >= 0.6 is 39.1 Å². The molecule has 0 saturated heterocycles. The van der Waals surface area contributed by atoms with Gasteiger partial charge in [0.15, 0.2) is 0 Å². The van der Waals surface area contributed by atoms with E-state index in [-0.39, 0.29) is 17.9 Å². The van der Waals surface area contributed by atoms with Crippen molar-refractivity contribution in [2.45, 2.75) is 24.8 Å². The van der Waals surface area contributed by atoms with Crippen LogP contribution in [0.5, 0.6) is 0 Å². The molecule has 0 spiro atoms. The highest BCUT2D eigenvalue weighted by Crippen LogP contribution is 2.36. The molecule has 136 valence electrons. The molecule has 0 radical (unpaired) electrons. The third-order valence-electron chi connectivity index (χ3n) is 4.48. The van der Waals surface area contributed by atoms with Gasteiger partial charge in [0.1, 0.15) is 0 Å². The number of nitrogens with two attached hydrogens (primary N) is 1. The van der Waals surface area contributed by atoms with E-state index in [1.807, 2.05) is 12.1 Å². The predicted molar refractivity (Wildman–Crippen MR) is 109 cm³/mol. The van der Waals surface area contributed by atoms with Gasteiger partial charge in [-0.15, -0.1) is 0 Å². The summed E-state index contributed by atoms with van der Waals surface area (Å²) in [6.45, 7) is 0.472. The fraction of sp³-hybridized carbons (Fsp3) is 0.263. The SMILES string of the molecule is N[C@@H]1CC(CNC(=O)c2cncc(Br)c2)=CC[C@H]1c1ccc(Cl)cc1Cl. The Hall–Kier alpha value is -1.40. The quantitative estimate of drug-likeness (QED) is 0.657. The highest BCUT2D eigenvalue weighted by molar-refractivity contribution is 9.10. The van der Waals surface area contributed by atoms with Gasteiger partial charge in [0.05, 0.1) is 5.56 Å². The molecule has 2 atom stereocenters. The molecule has 3 rings (SSSR count). The number of pyridine rings is 1. The van der Waals surface area contributed by atoms with Crippen molar-refractivity contribution in [2.24, 2.45) is 5.73 Å². The van der Waals surface area contributed by atoms with E-state index in [2.05, 4.69) is 32.3 Å². The molecule has 1 amide bonds. The van der Waals surface area contributed by atoms with Crippen LogP contribution in [0.3, 0.4) is 0 Å². The van der Waals surface area contributed by atoms with E-state index in [9.17, 15) is 4.79 Å². The Morgan fingerprint density at radius 3 is 2.81 bits per heavy atom. The number of rotatable bonds is 4. The number of amides is 1. The first kappa shape index (κ1) is 19.4. The van der Waals surface area contributed by atoms with Gasteiger partial charge in [-0.05, 0) is 52.5 Å². The number of hydrogen-bond acceptors (Lipinski definition) is 3. The molecule has 1 aliphatic carbocycles. The summed E-state index contributed by atoms with van der Waals surface area (Å²) in [5, 5.41) is 4.18. The van der Waals surface area contributed by atoms with E-state index < -0.39 is 0 Å². The Labute approximate surface area is 170 Å². The van der Waals surface area contributed by atoms with Crippen LogP contribution in [0.4, 0.5) is 0 Å². The van der Waals surface area contributed by atoms with E-state index in [0.29, 0.717) is 28.6 Å². The van der Waals surface area contributed by atoms with Gasteiger partial charge < -0.3 is 11.1 Å². The Morgan fingerprint density at radius 2 is 2.12 bits per heavy atom. The molecule has 0 fully saturated rings. The lowest BCUT2D eigenvalue weighted by Gasteiger charge is -2.29. The number of halogens is 3. The Bertz CT molecular complexity index is 856. The predicted octanol–water partition coefficient (Wildman–Crippen LogP) is 4.71. The number of hydrogen-bond donors (Lipinski definition) is 2. The van der Waals surface area contributed by atoms with Gasteiger partial charge in [0, 0.05) is 45.4 Å². The summed E-state index contributed by atoms with van der Waals surface area (Å²) >= 11 is 15.6. The molecule has 0 bridgehead atoms. The van der Waals surface area contributed by atoms with Crippen LogP contribution in [0.1, 0.15) is 34.7 Å². The zero-order valence-electron chi connectivity index (χ0n) is 13.9. The molecule has 26 heavy (non-hydrogen) atoms. The number of allylic oxidation sites excluding steroid dienone is 1. The van der Waals surface area contributed by atoms with Crippen molar-refractivity contribution in [3.63, 3.8) is 0 Å². The second-order valence-electron chi connectivity index (χ2n) is 6.31. The number of carbonyl (C=O) groups is 1. The molecule has 1 aliphatic rings. The van der Waals surface area contributed by atoms with Crippen LogP contribution in [0, 0.1) is 0 Å². The minimum absolute atomic E-state index is 0.0573. The first-order valence-corrected chi connectivity index (χ1v) is 9.76. The minimum atomic E-state index is -0.156. The van der Waals surface area contributed by atoms with Crippen molar-refractivity contribution in [3.05, 3.63) is 74.0 Å². The van der Waals surface area contributed by atoms with Crippen LogP contribution in [-0.2, 0) is 0 Å². The molecule has 1 aromatic heterocycles. The third-order valence-corrected chi connectivity index (χ3v) is 5.48. The molecule has 0 aliphatic heterocycles. The van der Waals surface area contributed by atoms with Gasteiger partial charge in [-0.3, -0.25) is 9.78 Å². The number of carbonyl (C=O) groups excluding carboxylic acids is 1. The first-order chi connectivity index (χ1) is 12.4. The fourth-order valence-corrected chi connectivity index (χ4v) is 4.05. The molecule has 1 heterocycles. The molecule has 7 heteroatoms. The Morgan fingerprint density at radius 1 is 1.31 bits per heavy atom. The van der Waals surface area contributed by atoms with Crippen molar-refractivity contribution in [2.75, 3.05) is 6.54 Å². The normalized spacial score (nSPS) is 19.8. The molecular formula is C19H18BrCl2N3O. The molecule has 4 nitrogen and oxygen atoms in total. The molecular weight excluding hydrogens is 437 g/mol. The number of nitrogens with zero attached hydrogens (tertiary/aromatic N) is 1. The van der Waals surface area contributed by atoms with Crippen molar-refractivity contribution >= 4 is 45.0 Å². The van der Waals surface area contributed by atoms with Crippen molar-refractivity contribution in [3.8, 4) is 0 Å². The maximum Gasteiger partial charge on any atom is 0.253 e. The Kier molecular flexibility index (Phi) is 6.35. The van der Waals surface area contributed by atoms with E-state index in [0.717, 1.165) is 22.0 Å². The van der Waals surface area contributed by atoms with Gasteiger partial charge in [0.2, 0.25) is 0 Å². The van der Waals surface area contributed by atoms with Crippen molar-refractivity contribution in [1.82, 2.24) is 10.3 Å². The van der Waals surface area contributed by atoms with E-state index in [4.69, 9.17) is 28.9 Å². The van der Waals surface area contributed by atoms with Gasteiger partial charge in [0.25, 0.3) is 5.91 Å². The summed E-state index contributed by atoms with van der Waals surface area (Å²) in [5.41, 5.74) is 9.04. The summed E-state index contributed by atoms with van der Waals surface area (Å²) in [5.74, 6) is -0.00959. The summed E-state index contributed by atoms with van der Waals surface area (Å²) in [7, 11) is 0. The summed E-state index contributed by atoms with van der Waals surface area (Å²) in [4.78, 5) is 16.2. The fourth-order valence-electron chi connectivity index (χ4n) is 3.13. The van der Waals surface area contributed by atoms with Gasteiger partial charge in [-0.1, -0.05) is 40.9 Å². The van der Waals surface area contributed by atoms with Crippen molar-refractivity contribution in [1.29, 1.82) is 0 Å². The second kappa shape index (κ2) is 8.53. The zero-order chi connectivity index (χ0) is 18.7. The van der Waals surface area contributed by atoms with Gasteiger partial charge in [-0.2, -0.15) is 0 Å². The van der Waals surface area contributed by atoms with Crippen LogP contribution in [0.15, 0.2) is 52.8 Å². The minimum Gasteiger partial charge on any atom is -0.348 e. The number of benzene rings is 1. The number of aromatic nitrogens is 1. The smallest absolute Gasteiger partial charge is 0.253 e. The molecule has 2 aromatic rings. The average Bonchev–Trinajstić information content (AvgIpc) is 2.60. The van der Waals surface area contributed by atoms with E-state index in [1.54, 1.807) is 24.5 Å². The van der Waals surface area contributed by atoms with Gasteiger partial charge in [-0.25, -0.2) is 0 Å². The second-order valence-corrected chi connectivity index (χ2v) is 8.07. The average molecular weight is 455 g/mol. The van der Waals surface area contributed by atoms with Crippen LogP contribution < -0.4 is 11.1 Å². The highest BCUT2D eigenvalue weighted by atomic mass is 79.9. The van der Waals surface area contributed by atoms with Crippen LogP contribution in [0.2, 0.25) is 10.0 Å². The molecule has 3 N–H and O–H groups in total. The van der Waals surface area contributed by atoms with Crippen LogP contribution in [-0.4, -0.2) is 23.5 Å².